The van der Waals surface area contributed by atoms with Gasteiger partial charge in [-0.15, -0.1) is 0 Å². The van der Waals surface area contributed by atoms with Crippen LogP contribution in [-0.2, 0) is 6.54 Å². The maximum Gasteiger partial charge on any atom is 0.0237 e. The van der Waals surface area contributed by atoms with Gasteiger partial charge in [0.1, 0.15) is 0 Å². The monoisotopic (exact) mass is 282 g/mol. The summed E-state index contributed by atoms with van der Waals surface area (Å²) in [6.45, 7) is 8.01. The number of rotatable bonds is 2. The van der Waals surface area contributed by atoms with E-state index in [0.717, 1.165) is 6.54 Å². The second-order valence-corrected chi connectivity index (χ2v) is 5.46. The number of likely N-dealkylation sites (N-methyl/N-ethyl adjacent to an activating group) is 1. The Hall–Kier alpha value is -0.380. The molecule has 0 bridgehead atoms. The Morgan fingerprint density at radius 1 is 1.19 bits per heavy atom. The largest absolute Gasteiger partial charge is 0.304 e. The summed E-state index contributed by atoms with van der Waals surface area (Å²) in [5.74, 6) is 0. The molecule has 0 unspecified atom stereocenters. The van der Waals surface area contributed by atoms with Gasteiger partial charge in [0, 0.05) is 37.2 Å². The van der Waals surface area contributed by atoms with Crippen LogP contribution >= 0.6 is 15.9 Å². The van der Waals surface area contributed by atoms with Crippen LogP contribution in [0, 0.1) is 6.92 Å². The molecule has 1 fully saturated rings. The average molecular weight is 283 g/mol. The van der Waals surface area contributed by atoms with Crippen molar-refractivity contribution in [3.8, 4) is 0 Å². The molecule has 1 heterocycles. The van der Waals surface area contributed by atoms with Crippen LogP contribution in [0.15, 0.2) is 22.7 Å². The molecule has 88 valence electrons. The molecule has 2 nitrogen and oxygen atoms in total. The molecule has 1 aliphatic heterocycles. The van der Waals surface area contributed by atoms with Crippen LogP contribution in [0.5, 0.6) is 0 Å². The summed E-state index contributed by atoms with van der Waals surface area (Å²) in [7, 11) is 2.20. The zero-order chi connectivity index (χ0) is 11.5. The standard InChI is InChI=1S/C13H19BrN2/c1-11-12(4-3-5-13(11)14)10-16-8-6-15(2)7-9-16/h3-5H,6-10H2,1-2H3. The lowest BCUT2D eigenvalue weighted by atomic mass is 10.1. The van der Waals surface area contributed by atoms with Gasteiger partial charge in [0.05, 0.1) is 0 Å². The minimum absolute atomic E-state index is 1.08. The van der Waals surface area contributed by atoms with Gasteiger partial charge >= 0.3 is 0 Å². The molecule has 0 amide bonds. The molecule has 0 N–H and O–H groups in total. The molecular formula is C13H19BrN2. The van der Waals surface area contributed by atoms with Crippen molar-refractivity contribution in [3.63, 3.8) is 0 Å². The molecule has 2 rings (SSSR count). The maximum atomic E-state index is 3.59. The lowest BCUT2D eigenvalue weighted by Crippen LogP contribution is -2.43. The summed E-state index contributed by atoms with van der Waals surface area (Å²) >= 11 is 3.59. The molecule has 1 aliphatic rings. The van der Waals surface area contributed by atoms with E-state index < -0.39 is 0 Å². The average Bonchev–Trinajstić information content (AvgIpc) is 2.28. The van der Waals surface area contributed by atoms with Gasteiger partial charge < -0.3 is 4.90 Å². The minimum Gasteiger partial charge on any atom is -0.304 e. The summed E-state index contributed by atoms with van der Waals surface area (Å²) < 4.78 is 1.22. The number of piperazine rings is 1. The summed E-state index contributed by atoms with van der Waals surface area (Å²) in [4.78, 5) is 4.93. The van der Waals surface area contributed by atoms with Crippen LogP contribution in [-0.4, -0.2) is 43.0 Å². The normalized spacial score (nSPS) is 18.9. The van der Waals surface area contributed by atoms with E-state index in [4.69, 9.17) is 0 Å². The summed E-state index contributed by atoms with van der Waals surface area (Å²) in [5.41, 5.74) is 2.82. The highest BCUT2D eigenvalue weighted by Gasteiger charge is 2.14. The molecule has 1 saturated heterocycles. The van der Waals surface area contributed by atoms with Crippen LogP contribution in [0.3, 0.4) is 0 Å². The molecule has 0 spiro atoms. The number of nitrogens with zero attached hydrogens (tertiary/aromatic N) is 2. The molecule has 0 aliphatic carbocycles. The van der Waals surface area contributed by atoms with E-state index in [2.05, 4.69) is 57.9 Å². The minimum atomic E-state index is 1.08. The Morgan fingerprint density at radius 2 is 1.88 bits per heavy atom. The highest BCUT2D eigenvalue weighted by atomic mass is 79.9. The predicted molar refractivity (Wildman–Crippen MR) is 71.7 cm³/mol. The topological polar surface area (TPSA) is 6.48 Å². The summed E-state index contributed by atoms with van der Waals surface area (Å²) in [6.07, 6.45) is 0. The molecule has 3 heteroatoms. The van der Waals surface area contributed by atoms with E-state index in [1.165, 1.54) is 41.8 Å². The van der Waals surface area contributed by atoms with Gasteiger partial charge in [-0.3, -0.25) is 4.90 Å². The molecule has 0 saturated carbocycles. The Kier molecular flexibility index (Phi) is 4.00. The fourth-order valence-electron chi connectivity index (χ4n) is 2.07. The van der Waals surface area contributed by atoms with E-state index in [-0.39, 0.29) is 0 Å². The van der Waals surface area contributed by atoms with Gasteiger partial charge in [-0.05, 0) is 31.2 Å². The summed E-state index contributed by atoms with van der Waals surface area (Å²) in [6, 6.07) is 6.48. The molecule has 1 aromatic carbocycles. The van der Waals surface area contributed by atoms with Gasteiger partial charge in [-0.1, -0.05) is 28.1 Å². The lowest BCUT2D eigenvalue weighted by molar-refractivity contribution is 0.148. The quantitative estimate of drug-likeness (QED) is 0.823. The molecule has 0 radical (unpaired) electrons. The fourth-order valence-corrected chi connectivity index (χ4v) is 2.48. The molecule has 16 heavy (non-hydrogen) atoms. The maximum absolute atomic E-state index is 3.59. The third-order valence-corrected chi connectivity index (χ3v) is 4.23. The van der Waals surface area contributed by atoms with Gasteiger partial charge in [-0.2, -0.15) is 0 Å². The zero-order valence-electron chi connectivity index (χ0n) is 10.0. The lowest BCUT2D eigenvalue weighted by Gasteiger charge is -2.32. The van der Waals surface area contributed by atoms with Crippen molar-refractivity contribution in [3.05, 3.63) is 33.8 Å². The zero-order valence-corrected chi connectivity index (χ0v) is 11.6. The third-order valence-electron chi connectivity index (χ3n) is 3.37. The van der Waals surface area contributed by atoms with E-state index in [0.29, 0.717) is 0 Å². The van der Waals surface area contributed by atoms with Crippen molar-refractivity contribution in [2.24, 2.45) is 0 Å². The highest BCUT2D eigenvalue weighted by molar-refractivity contribution is 9.10. The van der Waals surface area contributed by atoms with Gasteiger partial charge in [0.25, 0.3) is 0 Å². The fraction of sp³-hybridized carbons (Fsp3) is 0.538. The van der Waals surface area contributed by atoms with Crippen LogP contribution in [0.2, 0.25) is 0 Å². The Morgan fingerprint density at radius 3 is 2.56 bits per heavy atom. The SMILES string of the molecule is Cc1c(Br)cccc1CN1CCN(C)CC1. The van der Waals surface area contributed by atoms with Crippen LogP contribution < -0.4 is 0 Å². The Bertz CT molecular complexity index is 357. The van der Waals surface area contributed by atoms with E-state index in [1.807, 2.05) is 0 Å². The smallest absolute Gasteiger partial charge is 0.0237 e. The third kappa shape index (κ3) is 2.84. The molecule has 0 atom stereocenters. The van der Waals surface area contributed by atoms with E-state index in [9.17, 15) is 0 Å². The van der Waals surface area contributed by atoms with Crippen molar-refractivity contribution >= 4 is 15.9 Å². The second-order valence-electron chi connectivity index (χ2n) is 4.60. The first-order valence-electron chi connectivity index (χ1n) is 5.81. The number of hydrogen-bond acceptors (Lipinski definition) is 2. The predicted octanol–water partition coefficient (Wildman–Crippen LogP) is 2.50. The Balaban J connectivity index is 2.01. The van der Waals surface area contributed by atoms with Crippen LogP contribution in [0.4, 0.5) is 0 Å². The number of benzene rings is 1. The first-order valence-corrected chi connectivity index (χ1v) is 6.61. The highest BCUT2D eigenvalue weighted by Crippen LogP contribution is 2.20. The van der Waals surface area contributed by atoms with Crippen LogP contribution in [0.1, 0.15) is 11.1 Å². The van der Waals surface area contributed by atoms with Gasteiger partial charge in [-0.25, -0.2) is 0 Å². The van der Waals surface area contributed by atoms with Crippen molar-refractivity contribution in [2.45, 2.75) is 13.5 Å². The van der Waals surface area contributed by atoms with E-state index in [1.54, 1.807) is 0 Å². The van der Waals surface area contributed by atoms with Crippen molar-refractivity contribution in [2.75, 3.05) is 33.2 Å². The number of hydrogen-bond donors (Lipinski definition) is 0. The van der Waals surface area contributed by atoms with Crippen molar-refractivity contribution in [1.82, 2.24) is 9.80 Å². The second kappa shape index (κ2) is 5.30. The first kappa shape index (κ1) is 12.1. The molecule has 0 aromatic heterocycles. The summed E-state index contributed by atoms with van der Waals surface area (Å²) in [5, 5.41) is 0. The van der Waals surface area contributed by atoms with Gasteiger partial charge in [0.2, 0.25) is 0 Å². The van der Waals surface area contributed by atoms with Crippen molar-refractivity contribution in [1.29, 1.82) is 0 Å². The first-order chi connectivity index (χ1) is 7.66. The van der Waals surface area contributed by atoms with Crippen molar-refractivity contribution < 1.29 is 0 Å². The van der Waals surface area contributed by atoms with E-state index >= 15 is 0 Å². The molecule has 1 aromatic rings. The van der Waals surface area contributed by atoms with Gasteiger partial charge in [0.15, 0.2) is 0 Å². The number of halogens is 1. The Labute approximate surface area is 106 Å². The van der Waals surface area contributed by atoms with Crippen LogP contribution in [0.25, 0.3) is 0 Å². The molecular weight excluding hydrogens is 264 g/mol.